The summed E-state index contributed by atoms with van der Waals surface area (Å²) in [6.45, 7) is 12.2. The number of amides is 1. The predicted molar refractivity (Wildman–Crippen MR) is 76.7 cm³/mol. The van der Waals surface area contributed by atoms with Gasteiger partial charge in [0.15, 0.2) is 0 Å². The molecule has 1 aromatic carbocycles. The standard InChI is InChI=1S/C16H25NO2/c1-15(2,3)10-8-11(14(19)17-7)13(18)12(9-10)16(4,5)6/h8-9,18H,1-7H3,(H,17,19)/p-1. The predicted octanol–water partition coefficient (Wildman–Crippen LogP) is 2.71. The summed E-state index contributed by atoms with van der Waals surface area (Å²) in [5.74, 6) is -0.485. The molecular formula is C16H24NO2-. The molecule has 0 saturated carbocycles. The van der Waals surface area contributed by atoms with E-state index in [0.29, 0.717) is 5.56 Å². The fourth-order valence-electron chi connectivity index (χ4n) is 1.92. The van der Waals surface area contributed by atoms with Crippen molar-refractivity contribution in [2.24, 2.45) is 0 Å². The van der Waals surface area contributed by atoms with Crippen LogP contribution in [0, 0.1) is 0 Å². The summed E-state index contributed by atoms with van der Waals surface area (Å²) in [6, 6.07) is 3.66. The molecule has 0 aliphatic rings. The smallest absolute Gasteiger partial charge is 0.250 e. The van der Waals surface area contributed by atoms with E-state index in [9.17, 15) is 9.90 Å². The molecule has 3 nitrogen and oxygen atoms in total. The number of nitrogens with one attached hydrogen (secondary N) is 1. The summed E-state index contributed by atoms with van der Waals surface area (Å²) in [4.78, 5) is 11.9. The second kappa shape index (κ2) is 4.87. The highest BCUT2D eigenvalue weighted by Gasteiger charge is 2.23. The quantitative estimate of drug-likeness (QED) is 0.846. The van der Waals surface area contributed by atoms with Gasteiger partial charge in [0.05, 0.1) is 0 Å². The Morgan fingerprint density at radius 1 is 1.05 bits per heavy atom. The van der Waals surface area contributed by atoms with Crippen molar-refractivity contribution in [2.75, 3.05) is 7.05 Å². The minimum absolute atomic E-state index is 0.101. The molecule has 0 aliphatic carbocycles. The third-order valence-corrected chi connectivity index (χ3v) is 3.23. The zero-order valence-corrected chi connectivity index (χ0v) is 13.0. The van der Waals surface area contributed by atoms with Gasteiger partial charge in [-0.25, -0.2) is 0 Å². The first kappa shape index (κ1) is 15.5. The largest absolute Gasteiger partial charge is 0.872 e. The zero-order valence-electron chi connectivity index (χ0n) is 13.0. The minimum Gasteiger partial charge on any atom is -0.872 e. The van der Waals surface area contributed by atoms with Gasteiger partial charge in [-0.3, -0.25) is 4.79 Å². The Morgan fingerprint density at radius 3 is 1.95 bits per heavy atom. The molecular weight excluding hydrogens is 238 g/mol. The van der Waals surface area contributed by atoms with E-state index >= 15 is 0 Å². The second-order valence-corrected chi connectivity index (χ2v) is 6.98. The van der Waals surface area contributed by atoms with E-state index in [0.717, 1.165) is 5.56 Å². The molecule has 3 heteroatoms. The molecule has 0 radical (unpaired) electrons. The van der Waals surface area contributed by atoms with Crippen molar-refractivity contribution in [3.8, 4) is 5.75 Å². The molecule has 0 saturated heterocycles. The van der Waals surface area contributed by atoms with Gasteiger partial charge in [0, 0.05) is 12.6 Å². The van der Waals surface area contributed by atoms with Crippen LogP contribution in [0.3, 0.4) is 0 Å². The highest BCUT2D eigenvalue weighted by Crippen LogP contribution is 2.36. The molecule has 0 aliphatic heterocycles. The molecule has 0 bridgehead atoms. The number of benzene rings is 1. The molecule has 0 unspecified atom stereocenters. The van der Waals surface area contributed by atoms with E-state index in [-0.39, 0.29) is 28.1 Å². The number of hydrogen-bond donors (Lipinski definition) is 1. The molecule has 0 fully saturated rings. The Kier molecular flexibility index (Phi) is 3.99. The normalized spacial score (nSPS) is 12.4. The lowest BCUT2D eigenvalue weighted by molar-refractivity contribution is -0.270. The van der Waals surface area contributed by atoms with Crippen LogP contribution in [0.5, 0.6) is 5.75 Å². The van der Waals surface area contributed by atoms with E-state index < -0.39 is 0 Å². The summed E-state index contributed by atoms with van der Waals surface area (Å²) in [5.41, 5.74) is 1.56. The summed E-state index contributed by atoms with van der Waals surface area (Å²) in [6.07, 6.45) is 0. The highest BCUT2D eigenvalue weighted by atomic mass is 16.3. The van der Waals surface area contributed by atoms with Crippen LogP contribution in [-0.2, 0) is 10.8 Å². The summed E-state index contributed by atoms with van der Waals surface area (Å²) < 4.78 is 0. The van der Waals surface area contributed by atoms with Gasteiger partial charge in [0.1, 0.15) is 0 Å². The molecule has 0 aromatic heterocycles. The van der Waals surface area contributed by atoms with Gasteiger partial charge in [0.2, 0.25) is 5.91 Å². The molecule has 0 atom stereocenters. The van der Waals surface area contributed by atoms with Crippen molar-refractivity contribution in [3.63, 3.8) is 0 Å². The Balaban J connectivity index is 3.62. The summed E-state index contributed by atoms with van der Waals surface area (Å²) >= 11 is 0. The average molecular weight is 262 g/mol. The molecule has 1 amide bonds. The van der Waals surface area contributed by atoms with E-state index in [2.05, 4.69) is 26.1 Å². The Morgan fingerprint density at radius 2 is 1.58 bits per heavy atom. The third kappa shape index (κ3) is 3.28. The van der Waals surface area contributed by atoms with Crippen LogP contribution >= 0.6 is 0 Å². The first-order valence-electron chi connectivity index (χ1n) is 6.56. The van der Waals surface area contributed by atoms with Crippen LogP contribution in [0.4, 0.5) is 0 Å². The zero-order chi connectivity index (χ0) is 15.0. The monoisotopic (exact) mass is 262 g/mol. The van der Waals surface area contributed by atoms with E-state index in [1.807, 2.05) is 26.8 Å². The SMILES string of the molecule is CNC(=O)c1cc(C(C)(C)C)cc(C(C)(C)C)c1[O-]. The molecule has 1 aromatic rings. The first-order chi connectivity index (χ1) is 8.48. The lowest BCUT2D eigenvalue weighted by Crippen LogP contribution is -2.25. The van der Waals surface area contributed by atoms with Crippen molar-refractivity contribution < 1.29 is 9.90 Å². The fraction of sp³-hybridized carbons (Fsp3) is 0.562. The van der Waals surface area contributed by atoms with Crippen LogP contribution in [0.1, 0.15) is 63.0 Å². The van der Waals surface area contributed by atoms with E-state index in [4.69, 9.17) is 0 Å². The average Bonchev–Trinajstić information content (AvgIpc) is 2.25. The third-order valence-electron chi connectivity index (χ3n) is 3.23. The summed E-state index contributed by atoms with van der Waals surface area (Å²) in [5, 5.41) is 15.0. The molecule has 1 rings (SSSR count). The van der Waals surface area contributed by atoms with E-state index in [1.165, 1.54) is 0 Å². The number of carbonyl (C=O) groups is 1. The van der Waals surface area contributed by atoms with Gasteiger partial charge in [-0.15, -0.1) is 0 Å². The van der Waals surface area contributed by atoms with Gasteiger partial charge in [0.25, 0.3) is 0 Å². The molecule has 19 heavy (non-hydrogen) atoms. The summed E-state index contributed by atoms with van der Waals surface area (Å²) in [7, 11) is 1.54. The molecule has 0 heterocycles. The lowest BCUT2D eigenvalue weighted by atomic mass is 9.79. The maximum absolute atomic E-state index is 12.4. The van der Waals surface area contributed by atoms with Gasteiger partial charge in [-0.1, -0.05) is 53.4 Å². The first-order valence-corrected chi connectivity index (χ1v) is 6.56. The van der Waals surface area contributed by atoms with Gasteiger partial charge >= 0.3 is 0 Å². The van der Waals surface area contributed by atoms with Crippen molar-refractivity contribution in [1.82, 2.24) is 5.32 Å². The van der Waals surface area contributed by atoms with Crippen LogP contribution in [0.2, 0.25) is 0 Å². The Labute approximate surface area is 116 Å². The Bertz CT molecular complexity index is 491. The number of carbonyl (C=O) groups excluding carboxylic acids is 1. The number of hydrogen-bond acceptors (Lipinski definition) is 2. The topological polar surface area (TPSA) is 52.2 Å². The van der Waals surface area contributed by atoms with Gasteiger partial charge in [-0.05, 0) is 28.0 Å². The van der Waals surface area contributed by atoms with Crippen LogP contribution < -0.4 is 10.4 Å². The maximum Gasteiger partial charge on any atom is 0.250 e. The van der Waals surface area contributed by atoms with Gasteiger partial charge < -0.3 is 10.4 Å². The Hall–Kier alpha value is -1.51. The maximum atomic E-state index is 12.4. The van der Waals surface area contributed by atoms with Crippen LogP contribution in [0.15, 0.2) is 12.1 Å². The second-order valence-electron chi connectivity index (χ2n) is 6.98. The van der Waals surface area contributed by atoms with Crippen molar-refractivity contribution in [2.45, 2.75) is 52.4 Å². The van der Waals surface area contributed by atoms with Gasteiger partial charge in [-0.2, -0.15) is 0 Å². The van der Waals surface area contributed by atoms with Crippen LogP contribution in [-0.4, -0.2) is 13.0 Å². The number of rotatable bonds is 1. The molecule has 106 valence electrons. The lowest BCUT2D eigenvalue weighted by Gasteiger charge is -2.31. The fourth-order valence-corrected chi connectivity index (χ4v) is 1.92. The van der Waals surface area contributed by atoms with Crippen LogP contribution in [0.25, 0.3) is 0 Å². The van der Waals surface area contributed by atoms with Crippen molar-refractivity contribution in [1.29, 1.82) is 0 Å². The van der Waals surface area contributed by atoms with E-state index in [1.54, 1.807) is 13.1 Å². The molecule has 0 spiro atoms. The minimum atomic E-state index is -0.318. The van der Waals surface area contributed by atoms with Crippen molar-refractivity contribution in [3.05, 3.63) is 28.8 Å². The highest BCUT2D eigenvalue weighted by molar-refractivity contribution is 5.97. The van der Waals surface area contributed by atoms with Crippen molar-refractivity contribution >= 4 is 5.91 Å². The molecule has 1 N–H and O–H groups in total.